The fraction of sp³-hybridized carbons (Fsp3) is 0.500. The van der Waals surface area contributed by atoms with Gasteiger partial charge in [0.1, 0.15) is 5.76 Å². The summed E-state index contributed by atoms with van der Waals surface area (Å²) in [7, 11) is 2.79. The van der Waals surface area contributed by atoms with Gasteiger partial charge >= 0.3 is 11.9 Å². The predicted octanol–water partition coefficient (Wildman–Crippen LogP) is 4.58. The summed E-state index contributed by atoms with van der Waals surface area (Å²) < 4.78 is 34.5. The first-order valence-electron chi connectivity index (χ1n) is 15.9. The van der Waals surface area contributed by atoms with Crippen LogP contribution in [0.3, 0.4) is 0 Å². The number of methoxy groups -OCH3 is 2. The van der Waals surface area contributed by atoms with Crippen molar-refractivity contribution in [2.24, 2.45) is 0 Å². The maximum atomic E-state index is 14.1. The van der Waals surface area contributed by atoms with Crippen molar-refractivity contribution in [3.63, 3.8) is 0 Å². The summed E-state index contributed by atoms with van der Waals surface area (Å²) in [4.78, 5) is 29.0. The standard InChI is InChI=1S/C36H43NO9/c1-34(2,45-22-24-10-6-5-7-11-24)13-8-15-36(40,21-30(38)42-4)33(39)46-32-29(41-3)20-35-14-9-16-37(35)17-12-25-18-27-28(44-23-43-27)19-26(25)31(32)35/h5-8,10-11,13,18-20,31-32,40H,9,12,14-17,21-23H2,1-4H3/b13-8+/t31-,32?,35+,36?/m1/s1. The zero-order valence-corrected chi connectivity index (χ0v) is 27.0. The van der Waals surface area contributed by atoms with Crippen LogP contribution in [-0.2, 0) is 41.6 Å². The van der Waals surface area contributed by atoms with E-state index in [-0.39, 0.29) is 19.1 Å². The number of benzene rings is 2. The summed E-state index contributed by atoms with van der Waals surface area (Å²) in [6.07, 6.45) is 6.57. The van der Waals surface area contributed by atoms with E-state index in [2.05, 4.69) is 11.0 Å². The van der Waals surface area contributed by atoms with Crippen LogP contribution >= 0.6 is 0 Å². The van der Waals surface area contributed by atoms with Crippen LogP contribution in [0, 0.1) is 0 Å². The molecule has 6 rings (SSSR count). The first-order chi connectivity index (χ1) is 22.1. The van der Waals surface area contributed by atoms with Crippen LogP contribution in [0.4, 0.5) is 0 Å². The second-order valence-electron chi connectivity index (χ2n) is 13.1. The molecule has 0 saturated carbocycles. The van der Waals surface area contributed by atoms with Gasteiger partial charge in [0.15, 0.2) is 23.2 Å². The molecule has 2 aromatic rings. The van der Waals surface area contributed by atoms with Gasteiger partial charge in [-0.05, 0) is 74.6 Å². The zero-order valence-electron chi connectivity index (χ0n) is 27.0. The Morgan fingerprint density at radius 3 is 2.61 bits per heavy atom. The van der Waals surface area contributed by atoms with E-state index in [1.54, 1.807) is 19.3 Å². The van der Waals surface area contributed by atoms with E-state index < -0.39 is 41.2 Å². The van der Waals surface area contributed by atoms with Crippen molar-refractivity contribution in [1.82, 2.24) is 4.90 Å². The summed E-state index contributed by atoms with van der Waals surface area (Å²) in [6.45, 7) is 6.06. The number of aliphatic hydroxyl groups is 1. The molecule has 0 radical (unpaired) electrons. The van der Waals surface area contributed by atoms with Crippen LogP contribution in [0.5, 0.6) is 11.5 Å². The molecule has 3 aliphatic heterocycles. The van der Waals surface area contributed by atoms with E-state index in [0.717, 1.165) is 49.0 Å². The van der Waals surface area contributed by atoms with E-state index >= 15 is 0 Å². The summed E-state index contributed by atoms with van der Waals surface area (Å²) in [5, 5.41) is 11.8. The summed E-state index contributed by atoms with van der Waals surface area (Å²) >= 11 is 0. The molecule has 1 saturated heterocycles. The highest BCUT2D eigenvalue weighted by molar-refractivity contribution is 5.86. The Morgan fingerprint density at radius 1 is 1.11 bits per heavy atom. The molecular formula is C36H43NO9. The van der Waals surface area contributed by atoms with Crippen LogP contribution in [0.1, 0.15) is 62.1 Å². The highest BCUT2D eigenvalue weighted by Gasteiger charge is 2.59. The van der Waals surface area contributed by atoms with Crippen molar-refractivity contribution < 1.29 is 43.1 Å². The molecule has 10 heteroatoms. The van der Waals surface area contributed by atoms with Gasteiger partial charge in [0.2, 0.25) is 6.79 Å². The van der Waals surface area contributed by atoms with Crippen LogP contribution in [0.25, 0.3) is 0 Å². The third-order valence-corrected chi connectivity index (χ3v) is 9.67. The third-order valence-electron chi connectivity index (χ3n) is 9.67. The Labute approximate surface area is 269 Å². The van der Waals surface area contributed by atoms with Crippen molar-refractivity contribution in [2.75, 3.05) is 34.1 Å². The number of hydrogen-bond donors (Lipinski definition) is 1. The minimum Gasteiger partial charge on any atom is -0.497 e. The van der Waals surface area contributed by atoms with Gasteiger partial charge in [0, 0.05) is 13.0 Å². The molecule has 1 fully saturated rings. The van der Waals surface area contributed by atoms with Crippen molar-refractivity contribution >= 4 is 11.9 Å². The molecule has 46 heavy (non-hydrogen) atoms. The van der Waals surface area contributed by atoms with Gasteiger partial charge in [-0.15, -0.1) is 0 Å². The fourth-order valence-electron chi connectivity index (χ4n) is 7.29. The second kappa shape index (κ2) is 12.7. The number of carbonyl (C=O) groups excluding carboxylic acids is 2. The van der Waals surface area contributed by atoms with Crippen molar-refractivity contribution in [2.45, 2.75) is 81.3 Å². The first kappa shape index (κ1) is 32.1. The maximum Gasteiger partial charge on any atom is 0.339 e. The van der Waals surface area contributed by atoms with Gasteiger partial charge in [-0.25, -0.2) is 4.79 Å². The smallest absolute Gasteiger partial charge is 0.339 e. The van der Waals surface area contributed by atoms with Gasteiger partial charge in [0.05, 0.1) is 44.3 Å². The molecule has 1 spiro atoms. The molecule has 0 amide bonds. The molecule has 4 aliphatic rings. The predicted molar refractivity (Wildman–Crippen MR) is 168 cm³/mol. The molecule has 0 aromatic heterocycles. The molecule has 10 nitrogen and oxygen atoms in total. The average molecular weight is 634 g/mol. The Balaban J connectivity index is 1.27. The van der Waals surface area contributed by atoms with Gasteiger partial charge in [-0.2, -0.15) is 0 Å². The van der Waals surface area contributed by atoms with Gasteiger partial charge < -0.3 is 33.5 Å². The van der Waals surface area contributed by atoms with Crippen molar-refractivity contribution in [1.29, 1.82) is 0 Å². The minimum absolute atomic E-state index is 0.155. The lowest BCUT2D eigenvalue weighted by atomic mass is 9.77. The highest BCUT2D eigenvalue weighted by atomic mass is 16.7. The van der Waals surface area contributed by atoms with E-state index in [1.807, 2.05) is 56.3 Å². The molecular weight excluding hydrogens is 590 g/mol. The van der Waals surface area contributed by atoms with Crippen LogP contribution in [0.15, 0.2) is 66.5 Å². The number of esters is 2. The molecule has 246 valence electrons. The van der Waals surface area contributed by atoms with Gasteiger partial charge in [0.25, 0.3) is 0 Å². The monoisotopic (exact) mass is 633 g/mol. The number of hydrogen-bond acceptors (Lipinski definition) is 10. The Bertz CT molecular complexity index is 1520. The van der Waals surface area contributed by atoms with E-state index in [9.17, 15) is 14.7 Å². The number of ether oxygens (including phenoxy) is 6. The Kier molecular flexibility index (Phi) is 8.89. The lowest BCUT2D eigenvalue weighted by Crippen LogP contribution is -2.49. The van der Waals surface area contributed by atoms with Gasteiger partial charge in [-0.3, -0.25) is 9.69 Å². The Morgan fingerprint density at radius 2 is 1.87 bits per heavy atom. The summed E-state index contributed by atoms with van der Waals surface area (Å²) in [6, 6.07) is 13.8. The minimum atomic E-state index is -2.19. The number of carbonyl (C=O) groups is 2. The fourth-order valence-corrected chi connectivity index (χ4v) is 7.29. The SMILES string of the molecule is COC(=O)CC(O)(C/C=C/C(C)(C)OCc1ccccc1)C(=O)OC1C(OC)=C[C@]23CCCN2CCc2cc4c(cc2[C@H]13)OCO4. The number of nitrogens with zero attached hydrogens (tertiary/aromatic N) is 1. The summed E-state index contributed by atoms with van der Waals surface area (Å²) in [5.74, 6) is -0.0951. The van der Waals surface area contributed by atoms with Crippen molar-refractivity contribution in [3.05, 3.63) is 83.1 Å². The molecule has 1 N–H and O–H groups in total. The molecule has 2 aromatic carbocycles. The molecule has 2 unspecified atom stereocenters. The van der Waals surface area contributed by atoms with Crippen LogP contribution in [-0.4, -0.2) is 78.9 Å². The molecule has 4 atom stereocenters. The molecule has 0 bridgehead atoms. The van der Waals surface area contributed by atoms with Gasteiger partial charge in [-0.1, -0.05) is 42.5 Å². The third kappa shape index (κ3) is 6.13. The lowest BCUT2D eigenvalue weighted by Gasteiger charge is -2.39. The second-order valence-corrected chi connectivity index (χ2v) is 13.1. The maximum absolute atomic E-state index is 14.1. The van der Waals surface area contributed by atoms with Crippen molar-refractivity contribution in [3.8, 4) is 11.5 Å². The topological polar surface area (TPSA) is 113 Å². The summed E-state index contributed by atoms with van der Waals surface area (Å²) in [5.41, 5.74) is -0.209. The normalized spacial score (nSPS) is 24.8. The molecule has 1 aliphatic carbocycles. The van der Waals surface area contributed by atoms with E-state index in [4.69, 9.17) is 28.4 Å². The lowest BCUT2D eigenvalue weighted by molar-refractivity contribution is -0.177. The quantitative estimate of drug-likeness (QED) is 0.279. The largest absolute Gasteiger partial charge is 0.497 e. The number of fused-ring (bicyclic) bond motifs is 3. The van der Waals surface area contributed by atoms with E-state index in [0.29, 0.717) is 23.9 Å². The molecule has 3 heterocycles. The van der Waals surface area contributed by atoms with E-state index in [1.165, 1.54) is 7.11 Å². The Hall–Kier alpha value is -3.86. The highest BCUT2D eigenvalue weighted by Crippen LogP contribution is 2.55. The first-order valence-corrected chi connectivity index (χ1v) is 15.9. The average Bonchev–Trinajstić information content (AvgIpc) is 3.74. The number of rotatable bonds is 11. The zero-order chi connectivity index (χ0) is 32.5. The van der Waals surface area contributed by atoms with Crippen LogP contribution in [0.2, 0.25) is 0 Å². The van der Waals surface area contributed by atoms with Crippen LogP contribution < -0.4 is 9.47 Å².